The average molecular weight is 193 g/mol. The molecule has 3 rings (SSSR count). The van der Waals surface area contributed by atoms with Crippen LogP contribution in [0.5, 0.6) is 0 Å². The van der Waals surface area contributed by atoms with Gasteiger partial charge in [-0.2, -0.15) is 4.89 Å². The molecule has 0 saturated carbocycles. The number of hydrogen-bond donors (Lipinski definition) is 2. The summed E-state index contributed by atoms with van der Waals surface area (Å²) in [6.45, 7) is 8.28. The number of fused-ring (bicyclic) bond motifs is 3. The van der Waals surface area contributed by atoms with E-state index < -0.39 is 8.25 Å². The van der Waals surface area contributed by atoms with Crippen LogP contribution in [0, 0.1) is 0 Å². The minimum Gasteiger partial charge on any atom is -0.567 e. The third-order valence-corrected chi connectivity index (χ3v) is 2.34. The predicted molar refractivity (Wildman–Crippen MR) is 41.8 cm³/mol. The van der Waals surface area contributed by atoms with Gasteiger partial charge in [-0.25, -0.2) is 0 Å². The van der Waals surface area contributed by atoms with Gasteiger partial charge in [0.1, 0.15) is 0 Å². The Morgan fingerprint density at radius 3 is 1.67 bits per heavy atom. The van der Waals surface area contributed by atoms with Crippen LogP contribution < -0.4 is 9.79 Å². The van der Waals surface area contributed by atoms with Gasteiger partial charge < -0.3 is 9.79 Å². The van der Waals surface area contributed by atoms with Crippen molar-refractivity contribution < 1.29 is 19.3 Å². The highest BCUT2D eigenvalue weighted by Crippen LogP contribution is 1.91. The fourth-order valence-electron chi connectivity index (χ4n) is 1.66. The van der Waals surface area contributed by atoms with E-state index >= 15 is 0 Å². The molecule has 6 heteroatoms. The highest BCUT2D eigenvalue weighted by molar-refractivity contribution is 7.29. The van der Waals surface area contributed by atoms with Crippen molar-refractivity contribution in [2.45, 2.75) is 0 Å². The topological polar surface area (TPSA) is 68.0 Å². The lowest BCUT2D eigenvalue weighted by Crippen LogP contribution is -3.17. The van der Waals surface area contributed by atoms with Crippen molar-refractivity contribution >= 4 is 8.25 Å². The first-order valence-corrected chi connectivity index (χ1v) is 5.20. The molecule has 0 amide bonds. The van der Waals surface area contributed by atoms with Crippen molar-refractivity contribution in [2.24, 2.45) is 0 Å². The normalized spacial score (nSPS) is 33.7. The van der Waals surface area contributed by atoms with E-state index in [-0.39, 0.29) is 0 Å². The zero-order valence-corrected chi connectivity index (χ0v) is 7.80. The maximum absolute atomic E-state index is 8.59. The molecule has 0 aromatic carbocycles. The third-order valence-electron chi connectivity index (χ3n) is 2.34. The molecule has 1 unspecified atom stereocenters. The second-order valence-electron chi connectivity index (χ2n) is 3.08. The molecule has 1 atom stereocenters. The molecule has 3 aliphatic heterocycles. The van der Waals surface area contributed by atoms with Crippen LogP contribution in [-0.4, -0.2) is 49.1 Å². The fourth-order valence-corrected chi connectivity index (χ4v) is 1.66. The van der Waals surface area contributed by atoms with Crippen molar-refractivity contribution in [3.05, 3.63) is 0 Å². The molecule has 2 bridgehead atoms. The second kappa shape index (κ2) is 4.84. The lowest BCUT2D eigenvalue weighted by atomic mass is 10.2. The van der Waals surface area contributed by atoms with Crippen LogP contribution in [0.25, 0.3) is 0 Å². The number of nitrogens with zero attached hydrogens (tertiary/aromatic N) is 1. The SMILES string of the molecule is C1C[NH+]2CCN1CC2.O=[P+]([O-])O. The average Bonchev–Trinajstić information content (AvgIpc) is 2.07. The first-order chi connectivity index (χ1) is 5.68. The Kier molecular flexibility index (Phi) is 4.05. The molecule has 3 heterocycles. The molecule has 3 fully saturated rings. The number of piperazine rings is 3. The number of quaternary nitrogens is 1. The van der Waals surface area contributed by atoms with Crippen LogP contribution in [0.15, 0.2) is 0 Å². The van der Waals surface area contributed by atoms with E-state index in [9.17, 15) is 0 Å². The molecule has 3 saturated heterocycles. The molecular formula is C6H14N2O3P+. The molecule has 0 aliphatic carbocycles. The smallest absolute Gasteiger partial charge is 0.485 e. The van der Waals surface area contributed by atoms with Crippen LogP contribution in [0.3, 0.4) is 0 Å². The van der Waals surface area contributed by atoms with Crippen molar-refractivity contribution in [2.75, 3.05) is 39.3 Å². The van der Waals surface area contributed by atoms with E-state index in [0.29, 0.717) is 0 Å². The molecular weight excluding hydrogens is 179 g/mol. The summed E-state index contributed by atoms with van der Waals surface area (Å²) in [6.07, 6.45) is 0. The number of hydrogen-bond acceptors (Lipinski definition) is 3. The molecule has 12 heavy (non-hydrogen) atoms. The summed E-state index contributed by atoms with van der Waals surface area (Å²) < 4.78 is 8.59. The lowest BCUT2D eigenvalue weighted by molar-refractivity contribution is -0.914. The highest BCUT2D eigenvalue weighted by Gasteiger charge is 2.25. The Balaban J connectivity index is 0.000000157. The summed E-state index contributed by atoms with van der Waals surface area (Å²) in [6, 6.07) is 0. The van der Waals surface area contributed by atoms with Gasteiger partial charge in [0.2, 0.25) is 0 Å². The fraction of sp³-hybridized carbons (Fsp3) is 1.00. The van der Waals surface area contributed by atoms with Crippen LogP contribution in [0.2, 0.25) is 0 Å². The Hall–Kier alpha value is -0.0600. The van der Waals surface area contributed by atoms with E-state index in [2.05, 4.69) is 4.90 Å². The maximum atomic E-state index is 8.59. The summed E-state index contributed by atoms with van der Waals surface area (Å²) in [7, 11) is -3.12. The first kappa shape index (κ1) is 10.0. The summed E-state index contributed by atoms with van der Waals surface area (Å²) in [5.41, 5.74) is 0. The van der Waals surface area contributed by atoms with Crippen LogP contribution in [-0.2, 0) is 4.57 Å². The van der Waals surface area contributed by atoms with E-state index in [4.69, 9.17) is 14.4 Å². The molecule has 5 nitrogen and oxygen atoms in total. The zero-order chi connectivity index (χ0) is 8.97. The van der Waals surface area contributed by atoms with Gasteiger partial charge in [0.15, 0.2) is 0 Å². The molecule has 70 valence electrons. The van der Waals surface area contributed by atoms with Crippen molar-refractivity contribution in [3.8, 4) is 0 Å². The van der Waals surface area contributed by atoms with Gasteiger partial charge >= 0.3 is 8.25 Å². The molecule has 0 aromatic rings. The minimum absolute atomic E-state index is 1.36. The molecule has 0 radical (unpaired) electrons. The van der Waals surface area contributed by atoms with Crippen LogP contribution >= 0.6 is 8.25 Å². The standard InChI is InChI=1S/C6H12N2.HO3P/c1-2-8-5-3-7(1)4-6-8;1-4(2)3/h1-6H2;(H,1,2,3)/p+1. The van der Waals surface area contributed by atoms with Gasteiger partial charge in [-0.1, -0.05) is 0 Å². The zero-order valence-electron chi connectivity index (χ0n) is 6.90. The van der Waals surface area contributed by atoms with Crippen molar-refractivity contribution in [3.63, 3.8) is 0 Å². The Labute approximate surface area is 72.5 Å². The van der Waals surface area contributed by atoms with E-state index in [1.807, 2.05) is 4.90 Å². The molecule has 0 aromatic heterocycles. The summed E-state index contributed by atoms with van der Waals surface area (Å²) in [5.74, 6) is 0. The number of rotatable bonds is 0. The Bertz CT molecular complexity index is 132. The van der Waals surface area contributed by atoms with E-state index in [1.54, 1.807) is 0 Å². The quantitative estimate of drug-likeness (QED) is 0.408. The van der Waals surface area contributed by atoms with Gasteiger partial charge in [-0.15, -0.1) is 0 Å². The highest BCUT2D eigenvalue weighted by atomic mass is 31.1. The Morgan fingerprint density at radius 2 is 1.58 bits per heavy atom. The van der Waals surface area contributed by atoms with Crippen LogP contribution in [0.1, 0.15) is 0 Å². The van der Waals surface area contributed by atoms with Gasteiger partial charge in [0.25, 0.3) is 0 Å². The molecule has 3 aliphatic rings. The molecule has 0 spiro atoms. The second-order valence-corrected chi connectivity index (χ2v) is 3.56. The third kappa shape index (κ3) is 3.56. The van der Waals surface area contributed by atoms with Crippen molar-refractivity contribution in [1.82, 2.24) is 4.90 Å². The lowest BCUT2D eigenvalue weighted by Gasteiger charge is -2.38. The minimum atomic E-state index is -3.12. The van der Waals surface area contributed by atoms with Gasteiger partial charge in [-0.3, -0.25) is 4.90 Å². The van der Waals surface area contributed by atoms with E-state index in [0.717, 1.165) is 0 Å². The van der Waals surface area contributed by atoms with Gasteiger partial charge in [0, 0.05) is 19.6 Å². The first-order valence-electron chi connectivity index (χ1n) is 4.07. The van der Waals surface area contributed by atoms with E-state index in [1.165, 1.54) is 39.3 Å². The predicted octanol–water partition coefficient (Wildman–Crippen LogP) is -2.80. The Morgan fingerprint density at radius 1 is 1.25 bits per heavy atom. The summed E-state index contributed by atoms with van der Waals surface area (Å²) >= 11 is 0. The summed E-state index contributed by atoms with van der Waals surface area (Å²) in [5, 5.41) is 0. The van der Waals surface area contributed by atoms with Gasteiger partial charge in [-0.05, 0) is 4.57 Å². The van der Waals surface area contributed by atoms with Crippen molar-refractivity contribution in [1.29, 1.82) is 0 Å². The molecule has 2 N–H and O–H groups in total. The number of nitrogens with one attached hydrogen (secondary N) is 1. The van der Waals surface area contributed by atoms with Crippen LogP contribution in [0.4, 0.5) is 0 Å². The summed E-state index contributed by atoms with van der Waals surface area (Å²) in [4.78, 5) is 20.0. The van der Waals surface area contributed by atoms with Gasteiger partial charge in [0.05, 0.1) is 19.6 Å². The largest absolute Gasteiger partial charge is 0.567 e. The monoisotopic (exact) mass is 193 g/mol. The maximum Gasteiger partial charge on any atom is 0.485 e.